The van der Waals surface area contributed by atoms with Gasteiger partial charge in [-0.15, -0.1) is 0 Å². The van der Waals surface area contributed by atoms with Crippen molar-refractivity contribution in [3.8, 4) is 0 Å². The molecule has 0 amide bonds. The second kappa shape index (κ2) is 10.4. The number of hydrogen-bond donors (Lipinski definition) is 3. The van der Waals surface area contributed by atoms with Crippen LogP contribution < -0.4 is 5.32 Å². The molecule has 0 aromatic heterocycles. The summed E-state index contributed by atoms with van der Waals surface area (Å²) in [5.41, 5.74) is 0. The lowest BCUT2D eigenvalue weighted by Crippen LogP contribution is -2.38. The molecule has 0 aromatic carbocycles. The highest BCUT2D eigenvalue weighted by atomic mass is 16.5. The lowest BCUT2D eigenvalue weighted by atomic mass is 9.76. The van der Waals surface area contributed by atoms with Crippen molar-refractivity contribution in [2.75, 3.05) is 13.1 Å². The number of aliphatic hydroxyl groups excluding tert-OH is 1. The Morgan fingerprint density at radius 3 is 2.58 bits per heavy atom. The largest absolute Gasteiger partial charge is 0.481 e. The molecule has 140 valence electrons. The number of carboxylic acid groups (broad SMARTS) is 1. The zero-order chi connectivity index (χ0) is 17.4. The van der Waals surface area contributed by atoms with Crippen LogP contribution in [0.2, 0.25) is 0 Å². The summed E-state index contributed by atoms with van der Waals surface area (Å²) in [6.07, 6.45) is 10.5. The van der Waals surface area contributed by atoms with Gasteiger partial charge in [-0.05, 0) is 38.0 Å². The Bertz CT molecular complexity index is 376. The van der Waals surface area contributed by atoms with E-state index in [-0.39, 0.29) is 6.10 Å². The maximum atomic E-state index is 10.5. The summed E-state index contributed by atoms with van der Waals surface area (Å²) in [5, 5.41) is 22.0. The molecule has 2 heterocycles. The van der Waals surface area contributed by atoms with E-state index in [1.165, 1.54) is 25.7 Å². The molecule has 3 N–H and O–H groups in total. The molecule has 0 aliphatic carbocycles. The molecule has 0 spiro atoms. The van der Waals surface area contributed by atoms with E-state index in [0.717, 1.165) is 38.6 Å². The van der Waals surface area contributed by atoms with Crippen LogP contribution in [0.15, 0.2) is 0 Å². The Balaban J connectivity index is 1.65. The summed E-state index contributed by atoms with van der Waals surface area (Å²) in [4.78, 5) is 10.5. The Kier molecular flexibility index (Phi) is 8.50. The number of hydrogen-bond acceptors (Lipinski definition) is 4. The van der Waals surface area contributed by atoms with Crippen LogP contribution in [0.4, 0.5) is 0 Å². The van der Waals surface area contributed by atoms with Crippen LogP contribution in [0.5, 0.6) is 0 Å². The van der Waals surface area contributed by atoms with Gasteiger partial charge in [-0.3, -0.25) is 4.79 Å². The molecule has 5 atom stereocenters. The number of nitrogens with one attached hydrogen (secondary N) is 1. The molecule has 1 unspecified atom stereocenters. The first-order valence-corrected chi connectivity index (χ1v) is 9.87. The molecule has 0 radical (unpaired) electrons. The normalized spacial score (nSPS) is 29.9. The highest BCUT2D eigenvalue weighted by Gasteiger charge is 2.47. The summed E-state index contributed by atoms with van der Waals surface area (Å²) in [6.45, 7) is 3.73. The number of aliphatic hydroxyl groups is 1. The minimum Gasteiger partial charge on any atom is -0.481 e. The minimum absolute atomic E-state index is 0.234. The van der Waals surface area contributed by atoms with Crippen LogP contribution in [-0.4, -0.2) is 47.6 Å². The van der Waals surface area contributed by atoms with E-state index >= 15 is 0 Å². The first-order chi connectivity index (χ1) is 11.6. The summed E-state index contributed by atoms with van der Waals surface area (Å²) in [6, 6.07) is 0. The molecule has 2 aliphatic rings. The third-order valence-electron chi connectivity index (χ3n) is 5.65. The van der Waals surface area contributed by atoms with Gasteiger partial charge >= 0.3 is 5.97 Å². The van der Waals surface area contributed by atoms with Gasteiger partial charge in [0.15, 0.2) is 0 Å². The second-order valence-corrected chi connectivity index (χ2v) is 7.57. The average molecular weight is 341 g/mol. The molecule has 2 bridgehead atoms. The van der Waals surface area contributed by atoms with E-state index in [1.54, 1.807) is 0 Å². The molecule has 24 heavy (non-hydrogen) atoms. The quantitative estimate of drug-likeness (QED) is 0.449. The molecule has 5 heteroatoms. The Labute approximate surface area is 146 Å². The molecule has 2 aliphatic heterocycles. The lowest BCUT2D eigenvalue weighted by Gasteiger charge is -2.28. The number of fused-ring (bicyclic) bond motifs is 2. The Morgan fingerprint density at radius 1 is 1.17 bits per heavy atom. The van der Waals surface area contributed by atoms with Gasteiger partial charge in [0, 0.05) is 25.4 Å². The molecule has 2 saturated heterocycles. The first kappa shape index (κ1) is 19.7. The van der Waals surface area contributed by atoms with Gasteiger partial charge in [0.1, 0.15) is 0 Å². The third-order valence-corrected chi connectivity index (χ3v) is 5.65. The Hall–Kier alpha value is -0.650. The molecular formula is C19H35NO4. The van der Waals surface area contributed by atoms with Gasteiger partial charge in [0.25, 0.3) is 0 Å². The van der Waals surface area contributed by atoms with Crippen molar-refractivity contribution >= 4 is 5.97 Å². The van der Waals surface area contributed by atoms with E-state index in [9.17, 15) is 9.90 Å². The van der Waals surface area contributed by atoms with E-state index in [1.807, 2.05) is 0 Å². The topological polar surface area (TPSA) is 78.8 Å². The fourth-order valence-electron chi connectivity index (χ4n) is 4.42. The van der Waals surface area contributed by atoms with Crippen LogP contribution in [0.3, 0.4) is 0 Å². The average Bonchev–Trinajstić information content (AvgIpc) is 3.12. The molecule has 5 nitrogen and oxygen atoms in total. The fraction of sp³-hybridized carbons (Fsp3) is 0.947. The minimum atomic E-state index is -0.687. The monoisotopic (exact) mass is 341 g/mol. The molecule has 0 aromatic rings. The van der Waals surface area contributed by atoms with Gasteiger partial charge in [0.05, 0.1) is 18.3 Å². The number of carbonyl (C=O) groups is 1. The third kappa shape index (κ3) is 6.01. The molecule has 0 saturated carbocycles. The van der Waals surface area contributed by atoms with Crippen LogP contribution >= 0.6 is 0 Å². The van der Waals surface area contributed by atoms with Crippen molar-refractivity contribution in [2.24, 2.45) is 11.8 Å². The van der Waals surface area contributed by atoms with Crippen molar-refractivity contribution in [1.29, 1.82) is 0 Å². The van der Waals surface area contributed by atoms with Crippen molar-refractivity contribution in [1.82, 2.24) is 5.32 Å². The number of rotatable bonds is 13. The van der Waals surface area contributed by atoms with E-state index < -0.39 is 5.97 Å². The van der Waals surface area contributed by atoms with E-state index in [0.29, 0.717) is 37.0 Å². The smallest absolute Gasteiger partial charge is 0.303 e. The van der Waals surface area contributed by atoms with Crippen molar-refractivity contribution in [3.63, 3.8) is 0 Å². The predicted molar refractivity (Wildman–Crippen MR) is 94.0 cm³/mol. The van der Waals surface area contributed by atoms with Crippen molar-refractivity contribution < 1.29 is 19.7 Å². The van der Waals surface area contributed by atoms with Gasteiger partial charge in [-0.1, -0.05) is 32.6 Å². The summed E-state index contributed by atoms with van der Waals surface area (Å²) < 4.78 is 6.13. The zero-order valence-corrected chi connectivity index (χ0v) is 15.1. The molecule has 2 fully saturated rings. The van der Waals surface area contributed by atoms with Crippen molar-refractivity contribution in [2.45, 2.75) is 89.4 Å². The van der Waals surface area contributed by atoms with Crippen LogP contribution in [-0.2, 0) is 9.53 Å². The van der Waals surface area contributed by atoms with Gasteiger partial charge in [-0.25, -0.2) is 0 Å². The number of ether oxygens (including phenoxy) is 1. The van der Waals surface area contributed by atoms with Crippen molar-refractivity contribution in [3.05, 3.63) is 0 Å². The summed E-state index contributed by atoms with van der Waals surface area (Å²) >= 11 is 0. The van der Waals surface area contributed by atoms with Gasteiger partial charge in [-0.2, -0.15) is 0 Å². The highest BCUT2D eigenvalue weighted by Crippen LogP contribution is 2.45. The van der Waals surface area contributed by atoms with Crippen LogP contribution in [0.1, 0.15) is 71.1 Å². The van der Waals surface area contributed by atoms with Gasteiger partial charge in [0.2, 0.25) is 0 Å². The summed E-state index contributed by atoms with van der Waals surface area (Å²) in [5.74, 6) is 0.531. The maximum Gasteiger partial charge on any atom is 0.303 e. The molecular weight excluding hydrogens is 306 g/mol. The standard InChI is InChI=1S/C19H35NO4/c1-2-7-14(21)12-20-13-16-15(17-10-11-18(16)24-17)8-5-3-4-6-9-19(22)23/h14-18,20-21H,2-13H2,1H3,(H,22,23)/t14?,15-,16-,17+,18-/m1/s1. The fourth-order valence-corrected chi connectivity index (χ4v) is 4.42. The first-order valence-electron chi connectivity index (χ1n) is 9.87. The van der Waals surface area contributed by atoms with Gasteiger partial charge < -0.3 is 20.3 Å². The molecule has 2 rings (SSSR count). The highest BCUT2D eigenvalue weighted by molar-refractivity contribution is 5.66. The zero-order valence-electron chi connectivity index (χ0n) is 15.1. The van der Waals surface area contributed by atoms with E-state index in [2.05, 4.69) is 12.2 Å². The number of aliphatic carboxylic acids is 1. The number of unbranched alkanes of at least 4 members (excludes halogenated alkanes) is 3. The lowest BCUT2D eigenvalue weighted by molar-refractivity contribution is -0.137. The predicted octanol–water partition coefficient (Wildman–Crippen LogP) is 2.96. The van der Waals surface area contributed by atoms with Crippen LogP contribution in [0, 0.1) is 11.8 Å². The maximum absolute atomic E-state index is 10.5. The Morgan fingerprint density at radius 2 is 1.88 bits per heavy atom. The number of carboxylic acids is 1. The second-order valence-electron chi connectivity index (χ2n) is 7.57. The SMILES string of the molecule is CCCC(O)CNC[C@@H]1[C@@H](CCCCCCC(=O)O)[C@@H]2CC[C@H]1O2. The van der Waals surface area contributed by atoms with Crippen LogP contribution in [0.25, 0.3) is 0 Å². The van der Waals surface area contributed by atoms with E-state index in [4.69, 9.17) is 9.84 Å². The summed E-state index contributed by atoms with van der Waals surface area (Å²) in [7, 11) is 0.